The van der Waals surface area contributed by atoms with Crippen LogP contribution in [0.5, 0.6) is 0 Å². The van der Waals surface area contributed by atoms with Crippen LogP contribution in [0.1, 0.15) is 29.5 Å². The summed E-state index contributed by atoms with van der Waals surface area (Å²) in [4.78, 5) is 20.1. The van der Waals surface area contributed by atoms with Gasteiger partial charge in [-0.3, -0.25) is 4.90 Å². The van der Waals surface area contributed by atoms with Crippen molar-refractivity contribution < 1.29 is 9.53 Å². The Morgan fingerprint density at radius 1 is 1.12 bits per heavy atom. The molecule has 1 aromatic heterocycles. The third-order valence-electron chi connectivity index (χ3n) is 4.56. The minimum atomic E-state index is -0.257. The molecule has 1 atom stereocenters. The number of aromatic nitrogens is 1. The van der Waals surface area contributed by atoms with Gasteiger partial charge in [0.1, 0.15) is 11.6 Å². The van der Waals surface area contributed by atoms with Crippen LogP contribution in [-0.2, 0) is 11.3 Å². The first-order valence-electron chi connectivity index (χ1n) is 8.80. The van der Waals surface area contributed by atoms with E-state index in [9.17, 15) is 4.79 Å². The van der Waals surface area contributed by atoms with Crippen LogP contribution in [0.4, 0.5) is 4.79 Å². The second kappa shape index (κ2) is 7.70. The topological polar surface area (TPSA) is 42.4 Å². The van der Waals surface area contributed by atoms with Crippen molar-refractivity contribution >= 4 is 17.4 Å². The Balaban J connectivity index is 1.45. The minimum absolute atomic E-state index is 0.0146. The van der Waals surface area contributed by atoms with Crippen LogP contribution in [0.2, 0.25) is 0 Å². The summed E-state index contributed by atoms with van der Waals surface area (Å²) in [5.74, 6) is 0. The van der Waals surface area contributed by atoms with Crippen LogP contribution in [-0.4, -0.2) is 22.5 Å². The normalized spacial score (nSPS) is 16.6. The number of carbonyl (C=O) groups is 1. The van der Waals surface area contributed by atoms with E-state index in [1.807, 2.05) is 59.6 Å². The van der Waals surface area contributed by atoms with Crippen LogP contribution < -0.4 is 0 Å². The Labute approximate surface area is 157 Å². The van der Waals surface area contributed by atoms with Crippen LogP contribution in [0, 0.1) is 0 Å². The van der Waals surface area contributed by atoms with Crippen molar-refractivity contribution in [2.45, 2.75) is 25.5 Å². The highest BCUT2D eigenvalue weighted by molar-refractivity contribution is 7.15. The summed E-state index contributed by atoms with van der Waals surface area (Å²) in [5.41, 5.74) is 2.16. The van der Waals surface area contributed by atoms with Crippen molar-refractivity contribution in [3.63, 3.8) is 0 Å². The standard InChI is InChI=1S/C21H20N2O2S/c24-21(25-15-16-8-3-1-4-9-16)23-13-7-12-18(23)20-22-14-19(26-20)17-10-5-2-6-11-17/h1-6,8-11,14,18H,7,12-13,15H2/t18-/m0/s1. The van der Waals surface area contributed by atoms with E-state index in [2.05, 4.69) is 17.1 Å². The lowest BCUT2D eigenvalue weighted by atomic mass is 10.2. The van der Waals surface area contributed by atoms with Crippen molar-refractivity contribution in [1.82, 2.24) is 9.88 Å². The molecule has 132 valence electrons. The molecule has 26 heavy (non-hydrogen) atoms. The number of thiazole rings is 1. The molecule has 0 saturated carbocycles. The minimum Gasteiger partial charge on any atom is -0.445 e. The Kier molecular flexibility index (Phi) is 4.97. The van der Waals surface area contributed by atoms with Crippen LogP contribution in [0.25, 0.3) is 10.4 Å². The molecular formula is C21H20N2O2S. The third-order valence-corrected chi connectivity index (χ3v) is 5.71. The van der Waals surface area contributed by atoms with E-state index in [1.54, 1.807) is 11.3 Å². The maximum Gasteiger partial charge on any atom is 0.410 e. The molecule has 4 nitrogen and oxygen atoms in total. The molecule has 1 aliphatic heterocycles. The molecule has 0 spiro atoms. The molecule has 4 rings (SSSR count). The van der Waals surface area contributed by atoms with E-state index in [0.29, 0.717) is 6.61 Å². The average molecular weight is 364 g/mol. The molecule has 2 heterocycles. The molecule has 1 aliphatic rings. The first kappa shape index (κ1) is 16.8. The van der Waals surface area contributed by atoms with Gasteiger partial charge in [-0.15, -0.1) is 11.3 Å². The van der Waals surface area contributed by atoms with Crippen molar-refractivity contribution in [3.05, 3.63) is 77.4 Å². The molecule has 3 aromatic rings. The summed E-state index contributed by atoms with van der Waals surface area (Å²) in [6.45, 7) is 1.02. The summed E-state index contributed by atoms with van der Waals surface area (Å²) in [5, 5.41) is 0.984. The Morgan fingerprint density at radius 3 is 2.62 bits per heavy atom. The quantitative estimate of drug-likeness (QED) is 0.632. The summed E-state index contributed by atoms with van der Waals surface area (Å²) < 4.78 is 5.52. The smallest absolute Gasteiger partial charge is 0.410 e. The second-order valence-corrected chi connectivity index (χ2v) is 7.38. The van der Waals surface area contributed by atoms with Crippen LogP contribution >= 0.6 is 11.3 Å². The van der Waals surface area contributed by atoms with Crippen molar-refractivity contribution in [2.24, 2.45) is 0 Å². The molecule has 0 bridgehead atoms. The predicted octanol–water partition coefficient (Wildman–Crippen LogP) is 5.28. The number of hydrogen-bond donors (Lipinski definition) is 0. The van der Waals surface area contributed by atoms with Crippen molar-refractivity contribution in [1.29, 1.82) is 0 Å². The number of likely N-dealkylation sites (tertiary alicyclic amines) is 1. The maximum absolute atomic E-state index is 12.6. The predicted molar refractivity (Wildman–Crippen MR) is 103 cm³/mol. The van der Waals surface area contributed by atoms with Gasteiger partial charge in [0.2, 0.25) is 0 Å². The Morgan fingerprint density at radius 2 is 1.85 bits per heavy atom. The molecular weight excluding hydrogens is 344 g/mol. The lowest BCUT2D eigenvalue weighted by Gasteiger charge is -2.22. The monoisotopic (exact) mass is 364 g/mol. The fraction of sp³-hybridized carbons (Fsp3) is 0.238. The molecule has 5 heteroatoms. The lowest BCUT2D eigenvalue weighted by Crippen LogP contribution is -2.31. The molecule has 0 radical (unpaired) electrons. The molecule has 2 aromatic carbocycles. The second-order valence-electron chi connectivity index (χ2n) is 6.32. The number of rotatable bonds is 4. The Bertz CT molecular complexity index is 864. The van der Waals surface area contributed by atoms with Crippen LogP contribution in [0.15, 0.2) is 66.9 Å². The molecule has 1 fully saturated rings. The molecule has 0 aliphatic carbocycles. The summed E-state index contributed by atoms with van der Waals surface area (Å²) >= 11 is 1.66. The molecule has 1 saturated heterocycles. The maximum atomic E-state index is 12.6. The Hall–Kier alpha value is -2.66. The van der Waals surface area contributed by atoms with Gasteiger partial charge < -0.3 is 4.74 Å². The number of amides is 1. The number of benzene rings is 2. The van der Waals surface area contributed by atoms with E-state index in [0.717, 1.165) is 40.4 Å². The van der Waals surface area contributed by atoms with Gasteiger partial charge in [0, 0.05) is 12.7 Å². The van der Waals surface area contributed by atoms with Gasteiger partial charge in [0.25, 0.3) is 0 Å². The summed E-state index contributed by atoms with van der Waals surface area (Å²) in [6.07, 6.45) is 3.56. The van der Waals surface area contributed by atoms with Crippen molar-refractivity contribution in [3.8, 4) is 10.4 Å². The van der Waals surface area contributed by atoms with Gasteiger partial charge in [-0.1, -0.05) is 60.7 Å². The third kappa shape index (κ3) is 3.63. The fourth-order valence-corrected chi connectivity index (χ4v) is 4.29. The van der Waals surface area contributed by atoms with Crippen molar-refractivity contribution in [2.75, 3.05) is 6.54 Å². The number of hydrogen-bond acceptors (Lipinski definition) is 4. The van der Waals surface area contributed by atoms with E-state index in [4.69, 9.17) is 4.74 Å². The molecule has 0 unspecified atom stereocenters. The fourth-order valence-electron chi connectivity index (χ4n) is 3.22. The number of nitrogens with zero attached hydrogens (tertiary/aromatic N) is 2. The first-order chi connectivity index (χ1) is 12.8. The van der Waals surface area contributed by atoms with E-state index >= 15 is 0 Å². The highest BCUT2D eigenvalue weighted by Gasteiger charge is 2.33. The number of ether oxygens (including phenoxy) is 1. The summed E-state index contributed by atoms with van der Waals surface area (Å²) in [7, 11) is 0. The average Bonchev–Trinajstić information content (AvgIpc) is 3.37. The zero-order chi connectivity index (χ0) is 17.8. The first-order valence-corrected chi connectivity index (χ1v) is 9.61. The van der Waals surface area contributed by atoms with Gasteiger partial charge in [-0.2, -0.15) is 0 Å². The van der Waals surface area contributed by atoms with Gasteiger partial charge >= 0.3 is 6.09 Å². The van der Waals surface area contributed by atoms with Gasteiger partial charge in [0.05, 0.1) is 10.9 Å². The highest BCUT2D eigenvalue weighted by Crippen LogP contribution is 2.37. The van der Waals surface area contributed by atoms with Gasteiger partial charge in [-0.25, -0.2) is 9.78 Å². The van der Waals surface area contributed by atoms with Crippen LogP contribution in [0.3, 0.4) is 0 Å². The number of carbonyl (C=O) groups excluding carboxylic acids is 1. The van der Waals surface area contributed by atoms with E-state index in [1.165, 1.54) is 0 Å². The van der Waals surface area contributed by atoms with Gasteiger partial charge in [0.15, 0.2) is 0 Å². The van der Waals surface area contributed by atoms with Gasteiger partial charge in [-0.05, 0) is 24.0 Å². The molecule has 0 N–H and O–H groups in total. The summed E-state index contributed by atoms with van der Waals surface area (Å²) in [6, 6.07) is 20.0. The largest absolute Gasteiger partial charge is 0.445 e. The molecule has 1 amide bonds. The SMILES string of the molecule is O=C(OCc1ccccc1)N1CCC[C@H]1c1ncc(-c2ccccc2)s1. The zero-order valence-electron chi connectivity index (χ0n) is 14.4. The highest BCUT2D eigenvalue weighted by atomic mass is 32.1. The lowest BCUT2D eigenvalue weighted by molar-refractivity contribution is 0.0920. The van der Waals surface area contributed by atoms with E-state index < -0.39 is 0 Å². The zero-order valence-corrected chi connectivity index (χ0v) is 15.2. The van der Waals surface area contributed by atoms with E-state index in [-0.39, 0.29) is 12.1 Å².